The first kappa shape index (κ1) is 16.1. The normalized spacial score (nSPS) is 13.2. The molecule has 1 fully saturated rings. The molecule has 5 nitrogen and oxygen atoms in total. The summed E-state index contributed by atoms with van der Waals surface area (Å²) in [6.07, 6.45) is 2.10. The summed E-state index contributed by atoms with van der Waals surface area (Å²) in [5.41, 5.74) is 2.08. The molecule has 0 bridgehead atoms. The van der Waals surface area contributed by atoms with E-state index in [2.05, 4.69) is 5.32 Å². The van der Waals surface area contributed by atoms with Crippen LogP contribution in [0.1, 0.15) is 30.1 Å². The van der Waals surface area contributed by atoms with Crippen LogP contribution in [0.2, 0.25) is 0 Å². The van der Waals surface area contributed by atoms with E-state index in [-0.39, 0.29) is 11.8 Å². The van der Waals surface area contributed by atoms with Crippen LogP contribution in [-0.4, -0.2) is 25.0 Å². The van der Waals surface area contributed by atoms with Crippen LogP contribution in [-0.2, 0) is 4.79 Å². The standard InChI is InChI=1S/C19H20N2O3/c1-13(22)21(17-10-11-17)16-8-6-15(7-9-16)20-19(23)14-4-3-5-18(12-14)24-2/h3-9,12,17H,10-11H2,1-2H3,(H,20,23). The Kier molecular flexibility index (Phi) is 4.51. The fourth-order valence-corrected chi connectivity index (χ4v) is 2.66. The Morgan fingerprint density at radius 3 is 2.42 bits per heavy atom. The van der Waals surface area contributed by atoms with Gasteiger partial charge in [-0.1, -0.05) is 6.07 Å². The second kappa shape index (κ2) is 6.74. The number of ether oxygens (including phenoxy) is 1. The van der Waals surface area contributed by atoms with E-state index >= 15 is 0 Å². The molecule has 0 spiro atoms. The molecule has 24 heavy (non-hydrogen) atoms. The lowest BCUT2D eigenvalue weighted by Crippen LogP contribution is -2.30. The molecule has 0 saturated heterocycles. The molecule has 2 aromatic carbocycles. The van der Waals surface area contributed by atoms with Gasteiger partial charge in [0.2, 0.25) is 5.91 Å². The molecule has 0 aromatic heterocycles. The van der Waals surface area contributed by atoms with Gasteiger partial charge in [0.15, 0.2) is 0 Å². The van der Waals surface area contributed by atoms with Gasteiger partial charge in [-0.15, -0.1) is 0 Å². The molecule has 2 amide bonds. The number of hydrogen-bond acceptors (Lipinski definition) is 3. The molecule has 2 aromatic rings. The molecule has 1 saturated carbocycles. The molecular formula is C19H20N2O3. The average molecular weight is 324 g/mol. The Hall–Kier alpha value is -2.82. The topological polar surface area (TPSA) is 58.6 Å². The number of anilines is 2. The van der Waals surface area contributed by atoms with Crippen molar-refractivity contribution in [2.24, 2.45) is 0 Å². The lowest BCUT2D eigenvalue weighted by Gasteiger charge is -2.21. The van der Waals surface area contributed by atoms with Crippen molar-refractivity contribution < 1.29 is 14.3 Å². The van der Waals surface area contributed by atoms with Gasteiger partial charge in [0.05, 0.1) is 7.11 Å². The molecule has 0 radical (unpaired) electrons. The van der Waals surface area contributed by atoms with E-state index in [1.807, 2.05) is 29.2 Å². The fraction of sp³-hybridized carbons (Fsp3) is 0.263. The van der Waals surface area contributed by atoms with Gasteiger partial charge >= 0.3 is 0 Å². The number of rotatable bonds is 5. The van der Waals surface area contributed by atoms with E-state index < -0.39 is 0 Å². The number of hydrogen-bond donors (Lipinski definition) is 1. The van der Waals surface area contributed by atoms with Crippen molar-refractivity contribution in [3.05, 3.63) is 54.1 Å². The molecule has 0 atom stereocenters. The summed E-state index contributed by atoms with van der Waals surface area (Å²) in [6.45, 7) is 1.58. The Balaban J connectivity index is 1.71. The molecule has 0 heterocycles. The number of nitrogens with zero attached hydrogens (tertiary/aromatic N) is 1. The highest BCUT2D eigenvalue weighted by molar-refractivity contribution is 6.04. The van der Waals surface area contributed by atoms with Gasteiger partial charge < -0.3 is 15.0 Å². The summed E-state index contributed by atoms with van der Waals surface area (Å²) in [6, 6.07) is 14.7. The van der Waals surface area contributed by atoms with E-state index in [1.165, 1.54) is 0 Å². The molecular weight excluding hydrogens is 304 g/mol. The Labute approximate surface area is 141 Å². The van der Waals surface area contributed by atoms with E-state index in [4.69, 9.17) is 4.74 Å². The molecule has 0 aliphatic heterocycles. The number of amides is 2. The summed E-state index contributed by atoms with van der Waals surface area (Å²) < 4.78 is 5.13. The third kappa shape index (κ3) is 3.56. The molecule has 3 rings (SSSR count). The highest BCUT2D eigenvalue weighted by Gasteiger charge is 2.31. The van der Waals surface area contributed by atoms with E-state index in [9.17, 15) is 9.59 Å². The first-order valence-electron chi connectivity index (χ1n) is 7.94. The molecule has 124 valence electrons. The van der Waals surface area contributed by atoms with Crippen LogP contribution in [0.15, 0.2) is 48.5 Å². The Bertz CT molecular complexity index is 751. The van der Waals surface area contributed by atoms with Crippen molar-refractivity contribution in [2.75, 3.05) is 17.3 Å². The van der Waals surface area contributed by atoms with E-state index in [0.717, 1.165) is 18.5 Å². The van der Waals surface area contributed by atoms with Crippen LogP contribution in [0.25, 0.3) is 0 Å². The third-order valence-corrected chi connectivity index (χ3v) is 3.99. The summed E-state index contributed by atoms with van der Waals surface area (Å²) in [5, 5.41) is 2.85. The van der Waals surface area contributed by atoms with Crippen molar-refractivity contribution >= 4 is 23.2 Å². The molecule has 1 aliphatic carbocycles. The van der Waals surface area contributed by atoms with Gasteiger partial charge in [-0.2, -0.15) is 0 Å². The first-order valence-corrected chi connectivity index (χ1v) is 7.94. The van der Waals surface area contributed by atoms with Crippen molar-refractivity contribution in [2.45, 2.75) is 25.8 Å². The highest BCUT2D eigenvalue weighted by atomic mass is 16.5. The summed E-state index contributed by atoms with van der Waals surface area (Å²) >= 11 is 0. The van der Waals surface area contributed by atoms with Crippen LogP contribution in [0.4, 0.5) is 11.4 Å². The van der Waals surface area contributed by atoms with Crippen molar-refractivity contribution in [3.63, 3.8) is 0 Å². The quantitative estimate of drug-likeness (QED) is 0.916. The number of carbonyl (C=O) groups excluding carboxylic acids is 2. The number of benzene rings is 2. The largest absolute Gasteiger partial charge is 0.497 e. The monoisotopic (exact) mass is 324 g/mol. The minimum atomic E-state index is -0.202. The van der Waals surface area contributed by atoms with Gasteiger partial charge in [-0.05, 0) is 55.3 Å². The van der Waals surface area contributed by atoms with Crippen LogP contribution < -0.4 is 15.0 Å². The second-order valence-corrected chi connectivity index (χ2v) is 5.85. The zero-order valence-corrected chi connectivity index (χ0v) is 13.8. The van der Waals surface area contributed by atoms with Crippen molar-refractivity contribution in [1.82, 2.24) is 0 Å². The molecule has 1 N–H and O–H groups in total. The van der Waals surface area contributed by atoms with Crippen LogP contribution in [0.5, 0.6) is 5.75 Å². The van der Waals surface area contributed by atoms with E-state index in [1.54, 1.807) is 38.3 Å². The minimum Gasteiger partial charge on any atom is -0.497 e. The van der Waals surface area contributed by atoms with Crippen molar-refractivity contribution in [3.8, 4) is 5.75 Å². The van der Waals surface area contributed by atoms with E-state index in [0.29, 0.717) is 23.0 Å². The maximum absolute atomic E-state index is 12.3. The zero-order chi connectivity index (χ0) is 17.1. The fourth-order valence-electron chi connectivity index (χ4n) is 2.66. The van der Waals surface area contributed by atoms with Gasteiger partial charge in [-0.3, -0.25) is 9.59 Å². The average Bonchev–Trinajstić information content (AvgIpc) is 3.41. The lowest BCUT2D eigenvalue weighted by atomic mass is 10.2. The third-order valence-electron chi connectivity index (χ3n) is 3.99. The van der Waals surface area contributed by atoms with Gasteiger partial charge in [0, 0.05) is 29.9 Å². The molecule has 0 unspecified atom stereocenters. The maximum atomic E-state index is 12.3. The number of carbonyl (C=O) groups is 2. The minimum absolute atomic E-state index is 0.0469. The summed E-state index contributed by atoms with van der Waals surface area (Å²) in [4.78, 5) is 25.9. The van der Waals surface area contributed by atoms with Crippen LogP contribution >= 0.6 is 0 Å². The Morgan fingerprint density at radius 2 is 1.83 bits per heavy atom. The van der Waals surface area contributed by atoms with Gasteiger partial charge in [0.1, 0.15) is 5.75 Å². The predicted molar refractivity (Wildman–Crippen MR) is 93.6 cm³/mol. The zero-order valence-electron chi connectivity index (χ0n) is 13.8. The second-order valence-electron chi connectivity index (χ2n) is 5.85. The highest BCUT2D eigenvalue weighted by Crippen LogP contribution is 2.32. The number of methoxy groups -OCH3 is 1. The summed E-state index contributed by atoms with van der Waals surface area (Å²) in [5.74, 6) is 0.484. The van der Waals surface area contributed by atoms with Crippen molar-refractivity contribution in [1.29, 1.82) is 0 Å². The lowest BCUT2D eigenvalue weighted by molar-refractivity contribution is -0.116. The molecule has 5 heteroatoms. The van der Waals surface area contributed by atoms with Gasteiger partial charge in [-0.25, -0.2) is 0 Å². The van der Waals surface area contributed by atoms with Gasteiger partial charge in [0.25, 0.3) is 5.91 Å². The SMILES string of the molecule is COc1cccc(C(=O)Nc2ccc(N(C(C)=O)C3CC3)cc2)c1. The smallest absolute Gasteiger partial charge is 0.255 e. The Morgan fingerprint density at radius 1 is 1.12 bits per heavy atom. The molecule has 1 aliphatic rings. The maximum Gasteiger partial charge on any atom is 0.255 e. The number of nitrogens with one attached hydrogen (secondary N) is 1. The summed E-state index contributed by atoms with van der Waals surface area (Å²) in [7, 11) is 1.57. The first-order chi connectivity index (χ1) is 11.6. The van der Waals surface area contributed by atoms with Crippen LogP contribution in [0.3, 0.4) is 0 Å². The van der Waals surface area contributed by atoms with Crippen LogP contribution in [0, 0.1) is 0 Å². The predicted octanol–water partition coefficient (Wildman–Crippen LogP) is 3.46.